The number of nitrogens with one attached hydrogen (secondary N) is 2. The van der Waals surface area contributed by atoms with Crippen molar-refractivity contribution in [2.24, 2.45) is 5.92 Å². The normalized spacial score (nSPS) is 20.8. The summed E-state index contributed by atoms with van der Waals surface area (Å²) in [6.45, 7) is 1.97. The Hall–Kier alpha value is -3.40. The first kappa shape index (κ1) is 21.8. The van der Waals surface area contributed by atoms with Gasteiger partial charge in [-0.15, -0.1) is 0 Å². The lowest BCUT2D eigenvalue weighted by Gasteiger charge is -2.27. The second-order valence-electron chi connectivity index (χ2n) is 7.66. The van der Waals surface area contributed by atoms with Crippen LogP contribution in [-0.4, -0.2) is 58.5 Å². The number of hydrogen-bond acceptors (Lipinski definition) is 7. The molecular formula is C22H24F2N6O2. The first-order valence-corrected chi connectivity index (χ1v) is 10.4. The van der Waals surface area contributed by atoms with Gasteiger partial charge >= 0.3 is 6.61 Å². The predicted octanol–water partition coefficient (Wildman–Crippen LogP) is 3.07. The lowest BCUT2D eigenvalue weighted by molar-refractivity contribution is -0.0928. The lowest BCUT2D eigenvalue weighted by Crippen LogP contribution is -2.46. The van der Waals surface area contributed by atoms with E-state index >= 15 is 0 Å². The van der Waals surface area contributed by atoms with Crippen LogP contribution in [0.3, 0.4) is 0 Å². The molecule has 2 aromatic rings. The number of anilines is 2. The Labute approximate surface area is 184 Å². The third-order valence-electron chi connectivity index (χ3n) is 5.39. The van der Waals surface area contributed by atoms with Gasteiger partial charge in [-0.25, -0.2) is 9.97 Å². The van der Waals surface area contributed by atoms with Crippen molar-refractivity contribution < 1.29 is 18.3 Å². The van der Waals surface area contributed by atoms with Gasteiger partial charge in [0.2, 0.25) is 5.95 Å². The molecule has 2 N–H and O–H groups in total. The van der Waals surface area contributed by atoms with Crippen LogP contribution in [0, 0.1) is 5.92 Å². The van der Waals surface area contributed by atoms with E-state index in [1.54, 1.807) is 41.8 Å². The molecular weight excluding hydrogens is 418 g/mol. The molecule has 3 heterocycles. The summed E-state index contributed by atoms with van der Waals surface area (Å²) < 4.78 is 29.3. The lowest BCUT2D eigenvalue weighted by atomic mass is 9.85. The van der Waals surface area contributed by atoms with E-state index in [1.807, 2.05) is 13.0 Å². The Kier molecular flexibility index (Phi) is 6.69. The molecule has 1 amide bonds. The zero-order chi connectivity index (χ0) is 22.5. The van der Waals surface area contributed by atoms with Crippen LogP contribution in [0.2, 0.25) is 0 Å². The molecule has 4 rings (SSSR count). The highest BCUT2D eigenvalue weighted by molar-refractivity contribution is 5.95. The average molecular weight is 442 g/mol. The Morgan fingerprint density at radius 3 is 2.66 bits per heavy atom. The first-order chi connectivity index (χ1) is 15.5. The van der Waals surface area contributed by atoms with Gasteiger partial charge in [-0.2, -0.15) is 8.78 Å². The van der Waals surface area contributed by atoms with E-state index in [2.05, 4.69) is 30.3 Å². The van der Waals surface area contributed by atoms with E-state index in [4.69, 9.17) is 0 Å². The van der Waals surface area contributed by atoms with Crippen molar-refractivity contribution in [3.63, 3.8) is 0 Å². The van der Waals surface area contributed by atoms with Gasteiger partial charge < -0.3 is 20.3 Å². The molecule has 8 nitrogen and oxygen atoms in total. The fraction of sp³-hybridized carbons (Fsp3) is 0.364. The summed E-state index contributed by atoms with van der Waals surface area (Å²) in [6, 6.07) is 1.73. The van der Waals surface area contributed by atoms with Gasteiger partial charge in [0.25, 0.3) is 5.91 Å². The number of rotatable bonds is 6. The van der Waals surface area contributed by atoms with Crippen LogP contribution in [0.25, 0.3) is 0 Å². The molecule has 1 aliphatic carbocycles. The van der Waals surface area contributed by atoms with Crippen molar-refractivity contribution in [2.75, 3.05) is 31.5 Å². The molecule has 2 aliphatic rings. The Bertz CT molecular complexity index is 1010. The zero-order valence-corrected chi connectivity index (χ0v) is 17.5. The largest absolute Gasteiger partial charge is 0.435 e. The highest BCUT2D eigenvalue weighted by Gasteiger charge is 2.22. The van der Waals surface area contributed by atoms with Crippen molar-refractivity contribution in [1.82, 2.24) is 25.2 Å². The Morgan fingerprint density at radius 1 is 1.22 bits per heavy atom. The van der Waals surface area contributed by atoms with Crippen molar-refractivity contribution in [2.45, 2.75) is 19.5 Å². The maximum atomic E-state index is 12.7. The molecule has 10 heteroatoms. The molecule has 1 saturated heterocycles. The third-order valence-corrected chi connectivity index (χ3v) is 5.39. The summed E-state index contributed by atoms with van der Waals surface area (Å²) in [5.41, 5.74) is 1.97. The number of piperazine rings is 1. The number of hydrogen-bond donors (Lipinski definition) is 2. The van der Waals surface area contributed by atoms with Gasteiger partial charge in [-0.3, -0.25) is 9.78 Å². The van der Waals surface area contributed by atoms with Crippen LogP contribution in [0.4, 0.5) is 20.4 Å². The number of nitrogens with zero attached hydrogens (tertiary/aromatic N) is 4. The number of alkyl halides is 2. The van der Waals surface area contributed by atoms with Crippen LogP contribution >= 0.6 is 0 Å². The Morgan fingerprint density at radius 2 is 1.97 bits per heavy atom. The molecule has 0 spiro atoms. The predicted molar refractivity (Wildman–Crippen MR) is 115 cm³/mol. The van der Waals surface area contributed by atoms with Crippen LogP contribution in [0.1, 0.15) is 28.8 Å². The minimum absolute atomic E-state index is 0.0456. The van der Waals surface area contributed by atoms with Crippen LogP contribution in [-0.2, 0) is 4.74 Å². The minimum atomic E-state index is -2.84. The quantitative estimate of drug-likeness (QED) is 0.710. The van der Waals surface area contributed by atoms with Crippen LogP contribution < -0.4 is 10.6 Å². The fourth-order valence-electron chi connectivity index (χ4n) is 3.77. The molecule has 0 saturated carbocycles. The van der Waals surface area contributed by atoms with Gasteiger partial charge in [-0.1, -0.05) is 13.0 Å². The summed E-state index contributed by atoms with van der Waals surface area (Å²) in [7, 11) is 0. The number of ether oxygens (including phenoxy) is 1. The van der Waals surface area contributed by atoms with Crippen molar-refractivity contribution >= 4 is 17.5 Å². The second kappa shape index (κ2) is 9.82. The maximum absolute atomic E-state index is 12.7. The van der Waals surface area contributed by atoms with Crippen LogP contribution in [0.15, 0.2) is 54.8 Å². The molecule has 32 heavy (non-hydrogen) atoms. The standard InChI is InChI=1S/C22H24F2N6O2/c1-14-8-18(32-21(23)24)2-3-19(14)16-11-27-22(28-12-16)29-17-9-15(10-26-13-17)20(31)30-6-4-25-5-7-30/h2-3,8-14,19,21,25H,4-7H2,1H3,(H,27,28,29). The zero-order valence-electron chi connectivity index (χ0n) is 17.5. The van der Waals surface area contributed by atoms with Crippen LogP contribution in [0.5, 0.6) is 0 Å². The molecule has 2 atom stereocenters. The monoisotopic (exact) mass is 442 g/mol. The van der Waals surface area contributed by atoms with Crippen molar-refractivity contribution in [3.05, 3.63) is 66.0 Å². The number of allylic oxidation sites excluding steroid dienone is 3. The molecule has 0 radical (unpaired) electrons. The Balaban J connectivity index is 1.41. The molecule has 2 aromatic heterocycles. The number of carbonyl (C=O) groups excluding carboxylic acids is 1. The van der Waals surface area contributed by atoms with E-state index in [-0.39, 0.29) is 23.5 Å². The summed E-state index contributed by atoms with van der Waals surface area (Å²) >= 11 is 0. The second-order valence-corrected chi connectivity index (χ2v) is 7.66. The molecule has 0 aromatic carbocycles. The molecule has 168 valence electrons. The average Bonchev–Trinajstić information content (AvgIpc) is 2.80. The summed E-state index contributed by atoms with van der Waals surface area (Å²) in [5.74, 6) is 0.377. The third kappa shape index (κ3) is 5.25. The van der Waals surface area contributed by atoms with Gasteiger partial charge in [0.05, 0.1) is 17.4 Å². The van der Waals surface area contributed by atoms with Gasteiger partial charge in [0.1, 0.15) is 5.76 Å². The number of aromatic nitrogens is 3. The SMILES string of the molecule is CC1C=C(OC(F)F)C=CC1c1cnc(Nc2cncc(C(=O)N3CCNCC3)c2)nc1. The van der Waals surface area contributed by atoms with Crippen molar-refractivity contribution in [1.29, 1.82) is 0 Å². The van der Waals surface area contributed by atoms with E-state index in [0.29, 0.717) is 30.3 Å². The van der Waals surface area contributed by atoms with E-state index in [1.165, 1.54) is 6.08 Å². The molecule has 2 unspecified atom stereocenters. The topological polar surface area (TPSA) is 92.3 Å². The van der Waals surface area contributed by atoms with Gasteiger partial charge in [0, 0.05) is 50.7 Å². The maximum Gasteiger partial charge on any atom is 0.387 e. The number of carbonyl (C=O) groups is 1. The van der Waals surface area contributed by atoms with Crippen molar-refractivity contribution in [3.8, 4) is 0 Å². The first-order valence-electron chi connectivity index (χ1n) is 10.4. The summed E-state index contributed by atoms with van der Waals surface area (Å²) in [4.78, 5) is 27.3. The minimum Gasteiger partial charge on any atom is -0.435 e. The molecule has 1 fully saturated rings. The highest BCUT2D eigenvalue weighted by Crippen LogP contribution is 2.32. The number of halogens is 2. The van der Waals surface area contributed by atoms with Gasteiger partial charge in [0.15, 0.2) is 0 Å². The number of pyridine rings is 1. The van der Waals surface area contributed by atoms with E-state index < -0.39 is 6.61 Å². The summed E-state index contributed by atoms with van der Waals surface area (Å²) in [5, 5.41) is 6.29. The molecule has 0 bridgehead atoms. The van der Waals surface area contributed by atoms with Gasteiger partial charge in [-0.05, 0) is 29.7 Å². The summed E-state index contributed by atoms with van der Waals surface area (Å²) in [6.07, 6.45) is 11.5. The van der Waals surface area contributed by atoms with E-state index in [9.17, 15) is 13.6 Å². The molecule has 1 aliphatic heterocycles. The smallest absolute Gasteiger partial charge is 0.387 e. The fourth-order valence-corrected chi connectivity index (χ4v) is 3.77. The number of amides is 1. The highest BCUT2D eigenvalue weighted by atomic mass is 19.3. The van der Waals surface area contributed by atoms with E-state index in [0.717, 1.165) is 18.7 Å².